The maximum Gasteiger partial charge on any atom is 0.228 e. The normalized spacial score (nSPS) is 17.9. The van der Waals surface area contributed by atoms with Crippen molar-refractivity contribution in [2.24, 2.45) is 5.92 Å². The highest BCUT2D eigenvalue weighted by atomic mass is 16.2. The van der Waals surface area contributed by atoms with Gasteiger partial charge >= 0.3 is 0 Å². The van der Waals surface area contributed by atoms with Crippen LogP contribution in [0.4, 0.5) is 17.3 Å². The molecule has 2 heterocycles. The molecule has 25 heavy (non-hydrogen) atoms. The molecule has 1 amide bonds. The van der Waals surface area contributed by atoms with Gasteiger partial charge in [-0.15, -0.1) is 0 Å². The zero-order valence-corrected chi connectivity index (χ0v) is 14.3. The molecule has 2 aromatic rings. The minimum absolute atomic E-state index is 0.0878. The summed E-state index contributed by atoms with van der Waals surface area (Å²) in [5, 5.41) is 2.93. The predicted octanol–water partition coefficient (Wildman–Crippen LogP) is 2.54. The molecule has 1 saturated carbocycles. The Bertz CT molecular complexity index is 724. The summed E-state index contributed by atoms with van der Waals surface area (Å²) in [6.07, 6.45) is 4.67. The first-order valence-electron chi connectivity index (χ1n) is 8.97. The second-order valence-electron chi connectivity index (χ2n) is 6.69. The van der Waals surface area contributed by atoms with Crippen LogP contribution in [0.5, 0.6) is 0 Å². The lowest BCUT2D eigenvalue weighted by Gasteiger charge is -2.36. The van der Waals surface area contributed by atoms with Crippen molar-refractivity contribution in [2.75, 3.05) is 41.3 Å². The zero-order valence-electron chi connectivity index (χ0n) is 14.3. The average molecular weight is 337 g/mol. The number of nitrogens with zero attached hydrogens (tertiary/aromatic N) is 4. The van der Waals surface area contributed by atoms with Crippen molar-refractivity contribution in [3.05, 3.63) is 42.7 Å². The second-order valence-corrected chi connectivity index (χ2v) is 6.69. The van der Waals surface area contributed by atoms with Gasteiger partial charge in [0.25, 0.3) is 0 Å². The summed E-state index contributed by atoms with van der Waals surface area (Å²) in [7, 11) is 0. The maximum absolute atomic E-state index is 12.1. The molecule has 4 rings (SSSR count). The van der Waals surface area contributed by atoms with E-state index >= 15 is 0 Å². The monoisotopic (exact) mass is 337 g/mol. The van der Waals surface area contributed by atoms with Gasteiger partial charge in [0, 0.05) is 43.9 Å². The van der Waals surface area contributed by atoms with E-state index in [0.29, 0.717) is 5.82 Å². The molecule has 0 atom stereocenters. The van der Waals surface area contributed by atoms with Crippen LogP contribution in [0.1, 0.15) is 19.3 Å². The minimum Gasteiger partial charge on any atom is -0.368 e. The molecule has 0 radical (unpaired) electrons. The maximum atomic E-state index is 12.1. The van der Waals surface area contributed by atoms with Gasteiger partial charge in [0.1, 0.15) is 18.0 Å². The number of piperazine rings is 1. The Morgan fingerprint density at radius 2 is 1.72 bits per heavy atom. The fourth-order valence-electron chi connectivity index (χ4n) is 3.32. The highest BCUT2D eigenvalue weighted by Gasteiger charge is 2.25. The summed E-state index contributed by atoms with van der Waals surface area (Å²) >= 11 is 0. The third-order valence-electron chi connectivity index (χ3n) is 5.10. The van der Waals surface area contributed by atoms with Gasteiger partial charge in [0.2, 0.25) is 5.91 Å². The summed E-state index contributed by atoms with van der Waals surface area (Å²) in [6, 6.07) is 12.4. The molecule has 6 nitrogen and oxygen atoms in total. The van der Waals surface area contributed by atoms with Gasteiger partial charge in [0.05, 0.1) is 0 Å². The molecule has 2 aliphatic rings. The molecule has 1 aliphatic heterocycles. The van der Waals surface area contributed by atoms with Gasteiger partial charge in [-0.05, 0) is 25.0 Å². The van der Waals surface area contributed by atoms with Gasteiger partial charge in [0.15, 0.2) is 0 Å². The fraction of sp³-hybridized carbons (Fsp3) is 0.421. The number of anilines is 3. The number of benzene rings is 1. The van der Waals surface area contributed by atoms with E-state index < -0.39 is 0 Å². The Morgan fingerprint density at radius 1 is 1.00 bits per heavy atom. The highest BCUT2D eigenvalue weighted by Crippen LogP contribution is 2.27. The number of hydrogen-bond donors (Lipinski definition) is 1. The molecule has 1 aromatic carbocycles. The first-order valence-corrected chi connectivity index (χ1v) is 8.97. The van der Waals surface area contributed by atoms with E-state index in [0.717, 1.165) is 51.3 Å². The Kier molecular flexibility index (Phi) is 4.50. The van der Waals surface area contributed by atoms with Crippen LogP contribution in [-0.2, 0) is 4.79 Å². The summed E-state index contributed by atoms with van der Waals surface area (Å²) in [5.41, 5.74) is 1.26. The van der Waals surface area contributed by atoms with E-state index in [1.165, 1.54) is 12.0 Å². The number of carbonyl (C=O) groups excluding carboxylic acids is 1. The lowest BCUT2D eigenvalue weighted by Crippen LogP contribution is -2.46. The van der Waals surface area contributed by atoms with Gasteiger partial charge in [-0.2, -0.15) is 0 Å². The van der Waals surface area contributed by atoms with Crippen molar-refractivity contribution < 1.29 is 4.79 Å². The lowest BCUT2D eigenvalue weighted by molar-refractivity contribution is -0.122. The van der Waals surface area contributed by atoms with Crippen molar-refractivity contribution in [2.45, 2.75) is 19.3 Å². The van der Waals surface area contributed by atoms with E-state index in [9.17, 15) is 4.79 Å². The number of carbonyl (C=O) groups is 1. The SMILES string of the molecule is O=C(Nc1cc(N2CCN(c3ccccc3)CC2)ncn1)C1CCC1. The quantitative estimate of drug-likeness (QED) is 0.929. The van der Waals surface area contributed by atoms with E-state index in [4.69, 9.17) is 0 Å². The highest BCUT2D eigenvalue weighted by molar-refractivity contribution is 5.92. The largest absolute Gasteiger partial charge is 0.368 e. The topological polar surface area (TPSA) is 61.4 Å². The van der Waals surface area contributed by atoms with Gasteiger partial charge in [-0.25, -0.2) is 9.97 Å². The Hall–Kier alpha value is -2.63. The summed E-state index contributed by atoms with van der Waals surface area (Å²) in [5.74, 6) is 1.73. The standard InChI is InChI=1S/C19H23N5O/c25-19(15-5-4-6-15)22-17-13-18(21-14-20-17)24-11-9-23(10-12-24)16-7-2-1-3-8-16/h1-3,7-8,13-15H,4-6,9-12H2,(H,20,21,22,25). The molecule has 1 aliphatic carbocycles. The van der Waals surface area contributed by atoms with Crippen LogP contribution in [-0.4, -0.2) is 42.1 Å². The third-order valence-corrected chi connectivity index (χ3v) is 5.10. The first-order chi connectivity index (χ1) is 12.3. The van der Waals surface area contributed by atoms with Gasteiger partial charge in [-0.3, -0.25) is 4.79 Å². The zero-order chi connectivity index (χ0) is 17.1. The van der Waals surface area contributed by atoms with Crippen molar-refractivity contribution in [3.8, 4) is 0 Å². The lowest BCUT2D eigenvalue weighted by atomic mass is 9.85. The summed E-state index contributed by atoms with van der Waals surface area (Å²) in [6.45, 7) is 3.72. The van der Waals surface area contributed by atoms with Crippen LogP contribution in [0.25, 0.3) is 0 Å². The molecule has 6 heteroatoms. The van der Waals surface area contributed by atoms with E-state index in [-0.39, 0.29) is 11.8 Å². The number of rotatable bonds is 4. The van der Waals surface area contributed by atoms with Crippen LogP contribution >= 0.6 is 0 Å². The summed E-state index contributed by atoms with van der Waals surface area (Å²) < 4.78 is 0. The Morgan fingerprint density at radius 3 is 2.40 bits per heavy atom. The second kappa shape index (κ2) is 7.09. The molecule has 1 aromatic heterocycles. The molecule has 0 unspecified atom stereocenters. The predicted molar refractivity (Wildman–Crippen MR) is 98.9 cm³/mol. The molecule has 1 saturated heterocycles. The number of hydrogen-bond acceptors (Lipinski definition) is 5. The third kappa shape index (κ3) is 3.57. The van der Waals surface area contributed by atoms with Crippen LogP contribution in [0.3, 0.4) is 0 Å². The Labute approximate surface area is 147 Å². The molecule has 130 valence electrons. The Balaban J connectivity index is 1.38. The van der Waals surface area contributed by atoms with Gasteiger partial charge in [-0.1, -0.05) is 24.6 Å². The van der Waals surface area contributed by atoms with E-state index in [1.807, 2.05) is 12.1 Å². The number of para-hydroxylation sites is 1. The number of aromatic nitrogens is 2. The first kappa shape index (κ1) is 15.9. The minimum atomic E-state index is 0.0878. The molecular weight excluding hydrogens is 314 g/mol. The van der Waals surface area contributed by atoms with E-state index in [2.05, 4.69) is 49.4 Å². The average Bonchev–Trinajstić information content (AvgIpc) is 2.61. The van der Waals surface area contributed by atoms with Crippen molar-refractivity contribution in [3.63, 3.8) is 0 Å². The van der Waals surface area contributed by atoms with Crippen LogP contribution < -0.4 is 15.1 Å². The molecular formula is C19H23N5O. The fourth-order valence-corrected chi connectivity index (χ4v) is 3.32. The van der Waals surface area contributed by atoms with Crippen molar-refractivity contribution in [1.29, 1.82) is 0 Å². The van der Waals surface area contributed by atoms with Gasteiger partial charge < -0.3 is 15.1 Å². The summed E-state index contributed by atoms with van der Waals surface area (Å²) in [4.78, 5) is 25.3. The van der Waals surface area contributed by atoms with E-state index in [1.54, 1.807) is 0 Å². The van der Waals surface area contributed by atoms with Crippen molar-refractivity contribution >= 4 is 23.2 Å². The van der Waals surface area contributed by atoms with Crippen LogP contribution in [0, 0.1) is 5.92 Å². The molecule has 2 fully saturated rings. The smallest absolute Gasteiger partial charge is 0.228 e. The molecule has 0 spiro atoms. The van der Waals surface area contributed by atoms with Crippen LogP contribution in [0.15, 0.2) is 42.7 Å². The van der Waals surface area contributed by atoms with Crippen molar-refractivity contribution in [1.82, 2.24) is 9.97 Å². The van der Waals surface area contributed by atoms with Crippen LogP contribution in [0.2, 0.25) is 0 Å². The number of amides is 1. The molecule has 1 N–H and O–H groups in total. The molecule has 0 bridgehead atoms. The number of nitrogens with one attached hydrogen (secondary N) is 1.